The van der Waals surface area contributed by atoms with Crippen LogP contribution in [0.25, 0.3) is 11.3 Å². The third kappa shape index (κ3) is 7.16. The standard InChI is InChI=1S/C17H12ClN3O2.C7H15N3O/c18-13-5-1-11(2-6-13)15-9-10-19-17(21-15)20-14-7-3-12(4-8-14)16(22)23;1-2-9-3-5-10(6-4-9)7(8)11/h1-10H,(H,22,23)(H,19,20,21);2-6H2,1H3,(H2,8,11). The van der Waals surface area contributed by atoms with Crippen LogP contribution in [0.5, 0.6) is 0 Å². The van der Waals surface area contributed by atoms with Gasteiger partial charge in [0.25, 0.3) is 0 Å². The quantitative estimate of drug-likeness (QED) is 0.503. The molecule has 2 amide bonds. The van der Waals surface area contributed by atoms with Gasteiger partial charge >= 0.3 is 12.0 Å². The van der Waals surface area contributed by atoms with Crippen LogP contribution in [0.2, 0.25) is 5.02 Å². The summed E-state index contributed by atoms with van der Waals surface area (Å²) in [5.74, 6) is -0.530. The number of amides is 2. The molecule has 0 bridgehead atoms. The normalized spacial score (nSPS) is 13.5. The van der Waals surface area contributed by atoms with Crippen molar-refractivity contribution in [1.82, 2.24) is 19.8 Å². The fraction of sp³-hybridized carbons (Fsp3) is 0.250. The summed E-state index contributed by atoms with van der Waals surface area (Å²) in [4.78, 5) is 34.1. The summed E-state index contributed by atoms with van der Waals surface area (Å²) in [6.07, 6.45) is 1.66. The molecule has 34 heavy (non-hydrogen) atoms. The maximum Gasteiger partial charge on any atom is 0.335 e. The number of benzene rings is 2. The van der Waals surface area contributed by atoms with Crippen LogP contribution in [0.1, 0.15) is 17.3 Å². The Balaban J connectivity index is 0.000000248. The molecule has 4 N–H and O–H groups in total. The smallest absolute Gasteiger partial charge is 0.335 e. The SMILES string of the molecule is CCN1CCN(C(N)=O)CC1.O=C(O)c1ccc(Nc2nccc(-c3ccc(Cl)cc3)n2)cc1. The van der Waals surface area contributed by atoms with E-state index in [1.165, 1.54) is 12.1 Å². The number of nitrogens with zero attached hydrogens (tertiary/aromatic N) is 4. The molecular formula is C24H27ClN6O3. The Morgan fingerprint density at radius 3 is 2.24 bits per heavy atom. The van der Waals surface area contributed by atoms with Gasteiger partial charge in [0.05, 0.1) is 11.3 Å². The summed E-state index contributed by atoms with van der Waals surface area (Å²) in [6, 6.07) is 15.3. The van der Waals surface area contributed by atoms with Gasteiger partial charge in [0, 0.05) is 48.6 Å². The lowest BCUT2D eigenvalue weighted by molar-refractivity contribution is 0.0697. The fourth-order valence-corrected chi connectivity index (χ4v) is 3.44. The molecule has 1 aliphatic rings. The third-order valence-electron chi connectivity index (χ3n) is 5.31. The first-order chi connectivity index (χ1) is 16.4. The summed E-state index contributed by atoms with van der Waals surface area (Å²) < 4.78 is 0. The van der Waals surface area contributed by atoms with Crippen molar-refractivity contribution >= 4 is 35.2 Å². The average Bonchev–Trinajstić information content (AvgIpc) is 2.85. The van der Waals surface area contributed by atoms with Crippen molar-refractivity contribution in [1.29, 1.82) is 0 Å². The van der Waals surface area contributed by atoms with E-state index in [-0.39, 0.29) is 11.6 Å². The number of aromatic carboxylic acids is 1. The Morgan fingerprint density at radius 1 is 1.03 bits per heavy atom. The highest BCUT2D eigenvalue weighted by atomic mass is 35.5. The number of carboxylic acids is 1. The van der Waals surface area contributed by atoms with E-state index in [2.05, 4.69) is 27.1 Å². The first kappa shape index (κ1) is 24.9. The topological polar surface area (TPSA) is 125 Å². The number of piperazine rings is 1. The first-order valence-electron chi connectivity index (χ1n) is 10.8. The van der Waals surface area contributed by atoms with Crippen molar-refractivity contribution in [3.05, 3.63) is 71.4 Å². The van der Waals surface area contributed by atoms with Crippen molar-refractivity contribution < 1.29 is 14.7 Å². The van der Waals surface area contributed by atoms with Gasteiger partial charge < -0.3 is 26.0 Å². The molecule has 10 heteroatoms. The Kier molecular flexibility index (Phi) is 8.78. The number of urea groups is 1. The number of hydrogen-bond acceptors (Lipinski definition) is 6. The molecular weight excluding hydrogens is 456 g/mol. The van der Waals surface area contributed by atoms with Gasteiger partial charge in [-0.3, -0.25) is 0 Å². The molecule has 0 unspecified atom stereocenters. The van der Waals surface area contributed by atoms with Crippen molar-refractivity contribution in [3.63, 3.8) is 0 Å². The van der Waals surface area contributed by atoms with Gasteiger partial charge in [-0.2, -0.15) is 0 Å². The van der Waals surface area contributed by atoms with Crippen LogP contribution >= 0.6 is 11.6 Å². The lowest BCUT2D eigenvalue weighted by Gasteiger charge is -2.32. The zero-order chi connectivity index (χ0) is 24.5. The zero-order valence-electron chi connectivity index (χ0n) is 18.8. The van der Waals surface area contributed by atoms with E-state index >= 15 is 0 Å². The number of nitrogens with two attached hydrogens (primary N) is 1. The van der Waals surface area contributed by atoms with Gasteiger partial charge in [-0.05, 0) is 49.0 Å². The minimum Gasteiger partial charge on any atom is -0.478 e. The van der Waals surface area contributed by atoms with Gasteiger partial charge in [-0.25, -0.2) is 19.6 Å². The molecule has 0 spiro atoms. The van der Waals surface area contributed by atoms with Crippen LogP contribution in [0.15, 0.2) is 60.8 Å². The van der Waals surface area contributed by atoms with Crippen LogP contribution in [0, 0.1) is 0 Å². The van der Waals surface area contributed by atoms with Gasteiger partial charge in [-0.1, -0.05) is 30.7 Å². The molecule has 1 aliphatic heterocycles. The van der Waals surface area contributed by atoms with Crippen LogP contribution in [-0.2, 0) is 0 Å². The van der Waals surface area contributed by atoms with Gasteiger partial charge in [0.15, 0.2) is 0 Å². The molecule has 4 rings (SSSR count). The summed E-state index contributed by atoms with van der Waals surface area (Å²) in [6.45, 7) is 6.66. The second kappa shape index (κ2) is 12.0. The molecule has 178 valence electrons. The van der Waals surface area contributed by atoms with Crippen molar-refractivity contribution in [2.45, 2.75) is 6.92 Å². The largest absolute Gasteiger partial charge is 0.478 e. The predicted octanol–water partition coefficient (Wildman–Crippen LogP) is 3.94. The van der Waals surface area contributed by atoms with E-state index < -0.39 is 5.97 Å². The number of aromatic nitrogens is 2. The number of primary amides is 1. The van der Waals surface area contributed by atoms with Gasteiger partial charge in [-0.15, -0.1) is 0 Å². The highest BCUT2D eigenvalue weighted by Crippen LogP contribution is 2.21. The van der Waals surface area contributed by atoms with Crippen LogP contribution in [-0.4, -0.2) is 69.6 Å². The van der Waals surface area contributed by atoms with Crippen LogP contribution in [0.3, 0.4) is 0 Å². The molecule has 3 aromatic rings. The van der Waals surface area contributed by atoms with E-state index in [1.54, 1.807) is 35.4 Å². The number of hydrogen-bond donors (Lipinski definition) is 3. The maximum atomic E-state index is 10.8. The van der Waals surface area contributed by atoms with Crippen molar-refractivity contribution in [2.24, 2.45) is 5.73 Å². The Hall–Kier alpha value is -3.69. The highest BCUT2D eigenvalue weighted by molar-refractivity contribution is 6.30. The lowest BCUT2D eigenvalue weighted by Crippen LogP contribution is -2.50. The lowest BCUT2D eigenvalue weighted by atomic mass is 10.1. The van der Waals surface area contributed by atoms with E-state index in [9.17, 15) is 9.59 Å². The third-order valence-corrected chi connectivity index (χ3v) is 5.57. The van der Waals surface area contributed by atoms with Crippen LogP contribution < -0.4 is 11.1 Å². The molecule has 9 nitrogen and oxygen atoms in total. The molecule has 0 radical (unpaired) electrons. The minimum absolute atomic E-state index is 0.228. The zero-order valence-corrected chi connectivity index (χ0v) is 19.6. The number of carbonyl (C=O) groups excluding carboxylic acids is 1. The van der Waals surface area contributed by atoms with E-state index in [4.69, 9.17) is 22.4 Å². The number of carbonyl (C=O) groups is 2. The van der Waals surface area contributed by atoms with E-state index in [0.717, 1.165) is 44.0 Å². The molecule has 2 heterocycles. The number of likely N-dealkylation sites (N-methyl/N-ethyl adjacent to an activating group) is 1. The van der Waals surface area contributed by atoms with Crippen molar-refractivity contribution in [3.8, 4) is 11.3 Å². The second-order valence-electron chi connectivity index (χ2n) is 7.54. The molecule has 0 saturated carbocycles. The number of anilines is 2. The molecule has 1 saturated heterocycles. The number of carboxylic acid groups (broad SMARTS) is 1. The van der Waals surface area contributed by atoms with Crippen molar-refractivity contribution in [2.75, 3.05) is 38.0 Å². The minimum atomic E-state index is -0.961. The Morgan fingerprint density at radius 2 is 1.68 bits per heavy atom. The van der Waals surface area contributed by atoms with E-state index in [1.807, 2.05) is 18.2 Å². The maximum absolute atomic E-state index is 10.8. The second-order valence-corrected chi connectivity index (χ2v) is 7.98. The number of rotatable bonds is 5. The summed E-state index contributed by atoms with van der Waals surface area (Å²) >= 11 is 5.89. The summed E-state index contributed by atoms with van der Waals surface area (Å²) in [7, 11) is 0. The number of nitrogens with one attached hydrogen (secondary N) is 1. The molecule has 1 aromatic heterocycles. The van der Waals surface area contributed by atoms with Gasteiger partial charge in [0.1, 0.15) is 0 Å². The summed E-state index contributed by atoms with van der Waals surface area (Å²) in [5.41, 5.74) is 7.76. The Bertz CT molecular complexity index is 1100. The molecule has 0 aliphatic carbocycles. The predicted molar refractivity (Wildman–Crippen MR) is 132 cm³/mol. The van der Waals surface area contributed by atoms with Crippen LogP contribution in [0.4, 0.5) is 16.4 Å². The molecule has 1 fully saturated rings. The molecule has 0 atom stereocenters. The van der Waals surface area contributed by atoms with E-state index in [0.29, 0.717) is 16.7 Å². The monoisotopic (exact) mass is 482 g/mol. The first-order valence-corrected chi connectivity index (χ1v) is 11.2. The van der Waals surface area contributed by atoms with Gasteiger partial charge in [0.2, 0.25) is 5.95 Å². The number of halogens is 1. The fourth-order valence-electron chi connectivity index (χ4n) is 3.31. The highest BCUT2D eigenvalue weighted by Gasteiger charge is 2.17. The Labute approximate surface area is 203 Å². The average molecular weight is 483 g/mol. The summed E-state index contributed by atoms with van der Waals surface area (Å²) in [5, 5.41) is 12.6. The molecule has 2 aromatic carbocycles.